The number of hydrogen-bond acceptors (Lipinski definition) is 4. The Morgan fingerprint density at radius 2 is 2.25 bits per heavy atom. The Morgan fingerprint density at radius 1 is 1.44 bits per heavy atom. The van der Waals surface area contributed by atoms with Crippen molar-refractivity contribution < 1.29 is 4.42 Å². The summed E-state index contributed by atoms with van der Waals surface area (Å²) in [4.78, 5) is 0.302. The van der Waals surface area contributed by atoms with Gasteiger partial charge in [0.05, 0.1) is 16.7 Å². The lowest BCUT2D eigenvalue weighted by molar-refractivity contribution is 0.517. The third-order valence-electron chi connectivity index (χ3n) is 2.36. The van der Waals surface area contributed by atoms with Crippen molar-refractivity contribution in [3.63, 3.8) is 0 Å². The smallest absolute Gasteiger partial charge is 0.151 e. The van der Waals surface area contributed by atoms with Crippen molar-refractivity contribution in [2.45, 2.75) is 31.5 Å². The molecule has 2 aromatic heterocycles. The lowest BCUT2D eigenvalue weighted by Crippen LogP contribution is -1.85. The van der Waals surface area contributed by atoms with Gasteiger partial charge in [-0.25, -0.2) is 0 Å². The molecule has 0 saturated carbocycles. The number of halogens is 1. The van der Waals surface area contributed by atoms with Crippen LogP contribution in [0.25, 0.3) is 10.6 Å². The first kappa shape index (κ1) is 11.8. The molecule has 0 spiro atoms. The molecular formula is C11H13BrN2OS. The van der Waals surface area contributed by atoms with Gasteiger partial charge < -0.3 is 4.42 Å². The van der Waals surface area contributed by atoms with Gasteiger partial charge in [0, 0.05) is 6.42 Å². The molecule has 0 aromatic carbocycles. The Labute approximate surface area is 107 Å². The van der Waals surface area contributed by atoms with E-state index in [1.165, 1.54) is 0 Å². The molecule has 0 fully saturated rings. The minimum atomic E-state index is 0.302. The fourth-order valence-electron chi connectivity index (χ4n) is 1.45. The summed E-state index contributed by atoms with van der Waals surface area (Å²) in [5.74, 6) is 0.977. The summed E-state index contributed by atoms with van der Waals surface area (Å²) in [6.07, 6.45) is 3.60. The molecular weight excluding hydrogens is 288 g/mol. The van der Waals surface area contributed by atoms with E-state index in [0.717, 1.165) is 34.2 Å². The molecule has 3 nitrogen and oxygen atoms in total. The molecule has 0 aliphatic rings. The molecule has 0 radical (unpaired) electrons. The molecule has 2 heterocycles. The van der Waals surface area contributed by atoms with E-state index in [1.54, 1.807) is 17.6 Å². The Bertz CT molecular complexity index is 466. The summed E-state index contributed by atoms with van der Waals surface area (Å²) in [5.41, 5.74) is 1.07. The maximum Gasteiger partial charge on any atom is 0.151 e. The monoisotopic (exact) mass is 300 g/mol. The van der Waals surface area contributed by atoms with Gasteiger partial charge >= 0.3 is 0 Å². The Balaban J connectivity index is 2.31. The summed E-state index contributed by atoms with van der Waals surface area (Å²) >= 11 is 5.21. The minimum Gasteiger partial charge on any atom is -0.469 e. The summed E-state index contributed by atoms with van der Waals surface area (Å²) in [5, 5.41) is 10.4. The van der Waals surface area contributed by atoms with Crippen LogP contribution in [0.15, 0.2) is 16.7 Å². The predicted octanol–water partition coefficient (Wildman–Crippen LogP) is 4.21. The van der Waals surface area contributed by atoms with Gasteiger partial charge in [0.1, 0.15) is 10.8 Å². The van der Waals surface area contributed by atoms with Crippen molar-refractivity contribution in [3.8, 4) is 10.6 Å². The quantitative estimate of drug-likeness (QED) is 0.794. The fourth-order valence-corrected chi connectivity index (χ4v) is 2.77. The van der Waals surface area contributed by atoms with Crippen LogP contribution in [0, 0.1) is 0 Å². The second kappa shape index (κ2) is 5.10. The normalized spacial score (nSPS) is 12.9. The van der Waals surface area contributed by atoms with Crippen LogP contribution in [0.5, 0.6) is 0 Å². The lowest BCUT2D eigenvalue weighted by atomic mass is 10.2. The number of furan rings is 1. The number of rotatable bonds is 4. The van der Waals surface area contributed by atoms with Crippen molar-refractivity contribution in [1.29, 1.82) is 0 Å². The number of nitrogens with zero attached hydrogens (tertiary/aromatic N) is 2. The van der Waals surface area contributed by atoms with Crippen LogP contribution in [0.3, 0.4) is 0 Å². The number of alkyl halides is 1. The topological polar surface area (TPSA) is 38.9 Å². The third-order valence-corrected chi connectivity index (χ3v) is 4.82. The Hall–Kier alpha value is -0.680. The number of aryl methyl sites for hydroxylation is 1. The molecule has 5 heteroatoms. The van der Waals surface area contributed by atoms with E-state index in [9.17, 15) is 0 Å². The van der Waals surface area contributed by atoms with Crippen molar-refractivity contribution in [1.82, 2.24) is 10.2 Å². The SMILES string of the molecule is CCc1occc1-c1nnc(C(Br)CC)s1. The van der Waals surface area contributed by atoms with Gasteiger partial charge in [-0.3, -0.25) is 0 Å². The number of hydrogen-bond donors (Lipinski definition) is 0. The van der Waals surface area contributed by atoms with Gasteiger partial charge in [0.2, 0.25) is 0 Å². The van der Waals surface area contributed by atoms with Gasteiger partial charge in [-0.05, 0) is 12.5 Å². The molecule has 0 aliphatic heterocycles. The van der Waals surface area contributed by atoms with E-state index in [4.69, 9.17) is 4.42 Å². The molecule has 0 bridgehead atoms. The first-order valence-electron chi connectivity index (χ1n) is 5.30. The van der Waals surface area contributed by atoms with Crippen LogP contribution in [-0.2, 0) is 6.42 Å². The average Bonchev–Trinajstić information content (AvgIpc) is 2.95. The standard InChI is InChI=1S/C11H13BrN2OS/c1-3-8(12)11-14-13-10(16-11)7-5-6-15-9(7)4-2/h5-6,8H,3-4H2,1-2H3. The highest BCUT2D eigenvalue weighted by molar-refractivity contribution is 9.09. The number of aromatic nitrogens is 2. The highest BCUT2D eigenvalue weighted by atomic mass is 79.9. The second-order valence-electron chi connectivity index (χ2n) is 3.43. The van der Waals surface area contributed by atoms with E-state index in [0.29, 0.717) is 4.83 Å². The molecule has 0 N–H and O–H groups in total. The summed E-state index contributed by atoms with van der Waals surface area (Å²) in [6.45, 7) is 4.19. The second-order valence-corrected chi connectivity index (χ2v) is 5.55. The van der Waals surface area contributed by atoms with E-state index in [-0.39, 0.29) is 0 Å². The maximum atomic E-state index is 5.39. The summed E-state index contributed by atoms with van der Waals surface area (Å²) in [6, 6.07) is 1.96. The molecule has 0 aliphatic carbocycles. The van der Waals surface area contributed by atoms with Crippen LogP contribution < -0.4 is 0 Å². The van der Waals surface area contributed by atoms with Gasteiger partial charge in [-0.15, -0.1) is 10.2 Å². The van der Waals surface area contributed by atoms with Gasteiger partial charge in [0.15, 0.2) is 5.01 Å². The maximum absolute atomic E-state index is 5.39. The zero-order valence-corrected chi connectivity index (χ0v) is 11.6. The van der Waals surface area contributed by atoms with Crippen molar-refractivity contribution in [3.05, 3.63) is 23.1 Å². The average molecular weight is 301 g/mol. The molecule has 1 atom stereocenters. The van der Waals surface area contributed by atoms with Gasteiger partial charge in [0.25, 0.3) is 0 Å². The van der Waals surface area contributed by atoms with Gasteiger partial charge in [-0.1, -0.05) is 41.1 Å². The highest BCUT2D eigenvalue weighted by Gasteiger charge is 2.15. The van der Waals surface area contributed by atoms with E-state index < -0.39 is 0 Å². The summed E-state index contributed by atoms with van der Waals surface area (Å²) < 4.78 is 5.39. The lowest BCUT2D eigenvalue weighted by Gasteiger charge is -1.98. The van der Waals surface area contributed by atoms with Crippen LogP contribution in [0.2, 0.25) is 0 Å². The molecule has 0 amide bonds. The first-order chi connectivity index (χ1) is 7.76. The Kier molecular flexibility index (Phi) is 3.76. The molecule has 2 aromatic rings. The largest absolute Gasteiger partial charge is 0.469 e. The van der Waals surface area contributed by atoms with Crippen LogP contribution in [-0.4, -0.2) is 10.2 Å². The highest BCUT2D eigenvalue weighted by Crippen LogP contribution is 2.34. The fraction of sp³-hybridized carbons (Fsp3) is 0.455. The molecule has 2 rings (SSSR count). The summed E-state index contributed by atoms with van der Waals surface area (Å²) in [7, 11) is 0. The van der Waals surface area contributed by atoms with Crippen LogP contribution >= 0.6 is 27.3 Å². The van der Waals surface area contributed by atoms with E-state index >= 15 is 0 Å². The van der Waals surface area contributed by atoms with Crippen molar-refractivity contribution >= 4 is 27.3 Å². The third kappa shape index (κ3) is 2.20. The molecule has 16 heavy (non-hydrogen) atoms. The molecule has 86 valence electrons. The van der Waals surface area contributed by atoms with E-state index in [1.807, 2.05) is 6.07 Å². The van der Waals surface area contributed by atoms with Crippen LogP contribution in [0.4, 0.5) is 0 Å². The van der Waals surface area contributed by atoms with Crippen molar-refractivity contribution in [2.75, 3.05) is 0 Å². The van der Waals surface area contributed by atoms with Crippen LogP contribution in [0.1, 0.15) is 35.9 Å². The van der Waals surface area contributed by atoms with Crippen molar-refractivity contribution in [2.24, 2.45) is 0 Å². The molecule has 0 saturated heterocycles. The first-order valence-corrected chi connectivity index (χ1v) is 7.03. The Morgan fingerprint density at radius 3 is 2.94 bits per heavy atom. The predicted molar refractivity (Wildman–Crippen MR) is 68.9 cm³/mol. The minimum absolute atomic E-state index is 0.302. The van der Waals surface area contributed by atoms with E-state index in [2.05, 4.69) is 40.0 Å². The molecule has 1 unspecified atom stereocenters. The zero-order valence-electron chi connectivity index (χ0n) is 9.24. The zero-order chi connectivity index (χ0) is 11.5. The van der Waals surface area contributed by atoms with Gasteiger partial charge in [-0.2, -0.15) is 0 Å².